The van der Waals surface area contributed by atoms with Gasteiger partial charge in [-0.3, -0.25) is 9.59 Å². The smallest absolute Gasteiger partial charge is 0.264 e. The molecule has 172 valence electrons. The molecule has 1 aromatic heterocycles. The van der Waals surface area contributed by atoms with Gasteiger partial charge >= 0.3 is 0 Å². The van der Waals surface area contributed by atoms with Crippen molar-refractivity contribution in [2.45, 2.75) is 69.9 Å². The van der Waals surface area contributed by atoms with Crippen LogP contribution < -0.4 is 20.3 Å². The highest BCUT2D eigenvalue weighted by Gasteiger charge is 2.46. The number of carbonyl (C=O) groups is 1. The first-order valence-corrected chi connectivity index (χ1v) is 11.8. The Kier molecular flexibility index (Phi) is 5.40. The number of nitrogens with one attached hydrogen (secondary N) is 1. The van der Waals surface area contributed by atoms with Gasteiger partial charge in [-0.1, -0.05) is 32.1 Å². The molecule has 2 aliphatic carbocycles. The number of aliphatic hydroxyl groups excluding tert-OH is 1. The van der Waals surface area contributed by atoms with Crippen LogP contribution in [0.3, 0.4) is 0 Å². The van der Waals surface area contributed by atoms with Crippen LogP contribution in [0.15, 0.2) is 23.0 Å². The number of amides is 1. The largest absolute Gasteiger partial charge is 0.493 e. The Morgan fingerprint density at radius 1 is 1.16 bits per heavy atom. The SMILES string of the molecule is COc1ccc2cc(C(=O)NC3(CO)CCCCCCC3)c(=O)n3c2c1OCC1(CC1)C3. The van der Waals surface area contributed by atoms with E-state index < -0.39 is 11.4 Å². The van der Waals surface area contributed by atoms with Gasteiger partial charge in [0, 0.05) is 17.3 Å². The van der Waals surface area contributed by atoms with Gasteiger partial charge in [0.1, 0.15) is 5.56 Å². The van der Waals surface area contributed by atoms with E-state index >= 15 is 0 Å². The fourth-order valence-corrected chi connectivity index (χ4v) is 5.34. The van der Waals surface area contributed by atoms with Gasteiger partial charge in [0.15, 0.2) is 11.5 Å². The molecule has 7 heteroatoms. The quantitative estimate of drug-likeness (QED) is 0.761. The molecular weight excluding hydrogens is 408 g/mol. The molecule has 5 rings (SSSR count). The monoisotopic (exact) mass is 440 g/mol. The zero-order valence-electron chi connectivity index (χ0n) is 18.7. The van der Waals surface area contributed by atoms with Crippen LogP contribution in [0.25, 0.3) is 10.9 Å². The Bertz CT molecular complexity index is 1090. The molecule has 2 aromatic rings. The fraction of sp³-hybridized carbons (Fsp3) is 0.600. The second kappa shape index (κ2) is 8.10. The molecule has 0 unspecified atom stereocenters. The number of ether oxygens (including phenoxy) is 2. The number of carbonyl (C=O) groups excluding carboxylic acids is 1. The normalized spacial score (nSPS) is 21.2. The van der Waals surface area contributed by atoms with Crippen molar-refractivity contribution in [3.8, 4) is 11.5 Å². The van der Waals surface area contributed by atoms with E-state index in [2.05, 4.69) is 5.32 Å². The van der Waals surface area contributed by atoms with Crippen LogP contribution in [0.5, 0.6) is 11.5 Å². The third-order valence-corrected chi connectivity index (χ3v) is 7.60. The average Bonchev–Trinajstić information content (AvgIpc) is 3.57. The highest BCUT2D eigenvalue weighted by molar-refractivity contribution is 5.99. The van der Waals surface area contributed by atoms with Crippen molar-refractivity contribution in [1.29, 1.82) is 0 Å². The summed E-state index contributed by atoms with van der Waals surface area (Å²) in [6, 6.07) is 5.36. The maximum atomic E-state index is 13.6. The Morgan fingerprint density at radius 3 is 2.53 bits per heavy atom. The molecule has 32 heavy (non-hydrogen) atoms. The summed E-state index contributed by atoms with van der Waals surface area (Å²) in [4.78, 5) is 27.0. The first-order chi connectivity index (χ1) is 15.5. The van der Waals surface area contributed by atoms with Gasteiger partial charge in [-0.2, -0.15) is 0 Å². The minimum atomic E-state index is -0.663. The van der Waals surface area contributed by atoms with Gasteiger partial charge in [0.05, 0.1) is 31.4 Å². The van der Waals surface area contributed by atoms with E-state index in [-0.39, 0.29) is 23.1 Å². The Morgan fingerprint density at radius 2 is 1.88 bits per heavy atom. The van der Waals surface area contributed by atoms with E-state index in [1.807, 2.05) is 12.1 Å². The predicted molar refractivity (Wildman–Crippen MR) is 122 cm³/mol. The van der Waals surface area contributed by atoms with Crippen molar-refractivity contribution in [2.24, 2.45) is 5.41 Å². The maximum Gasteiger partial charge on any atom is 0.264 e. The van der Waals surface area contributed by atoms with E-state index in [9.17, 15) is 14.7 Å². The lowest BCUT2D eigenvalue weighted by Gasteiger charge is -2.34. The van der Waals surface area contributed by atoms with Gasteiger partial charge < -0.3 is 24.5 Å². The third kappa shape index (κ3) is 3.66. The number of pyridine rings is 1. The van der Waals surface area contributed by atoms with Crippen molar-refractivity contribution in [3.63, 3.8) is 0 Å². The van der Waals surface area contributed by atoms with Crippen LogP contribution >= 0.6 is 0 Å². The van der Waals surface area contributed by atoms with Crippen molar-refractivity contribution < 1.29 is 19.4 Å². The minimum absolute atomic E-state index is 0.0538. The van der Waals surface area contributed by atoms with E-state index in [1.54, 1.807) is 17.7 Å². The summed E-state index contributed by atoms with van der Waals surface area (Å²) >= 11 is 0. The molecule has 1 spiro atoms. The summed E-state index contributed by atoms with van der Waals surface area (Å²) in [5.41, 5.74) is -0.204. The molecule has 2 saturated carbocycles. The van der Waals surface area contributed by atoms with Gasteiger partial charge in [-0.25, -0.2) is 0 Å². The maximum absolute atomic E-state index is 13.6. The zero-order valence-corrected chi connectivity index (χ0v) is 18.7. The van der Waals surface area contributed by atoms with Crippen molar-refractivity contribution in [1.82, 2.24) is 9.88 Å². The molecule has 1 amide bonds. The molecule has 7 nitrogen and oxygen atoms in total. The van der Waals surface area contributed by atoms with Gasteiger partial charge in [0.25, 0.3) is 11.5 Å². The molecule has 3 aliphatic rings. The lowest BCUT2D eigenvalue weighted by molar-refractivity contribution is 0.0780. The van der Waals surface area contributed by atoms with E-state index in [0.29, 0.717) is 30.2 Å². The Labute approximate surface area is 187 Å². The van der Waals surface area contributed by atoms with Crippen LogP contribution in [0.4, 0.5) is 0 Å². The van der Waals surface area contributed by atoms with Crippen molar-refractivity contribution in [2.75, 3.05) is 20.3 Å². The third-order valence-electron chi connectivity index (χ3n) is 7.60. The number of hydrogen-bond acceptors (Lipinski definition) is 5. The summed E-state index contributed by atoms with van der Waals surface area (Å²) in [6.07, 6.45) is 8.80. The van der Waals surface area contributed by atoms with Crippen molar-refractivity contribution in [3.05, 3.63) is 34.1 Å². The predicted octanol–water partition coefficient (Wildman–Crippen LogP) is 3.39. The summed E-state index contributed by atoms with van der Waals surface area (Å²) in [7, 11) is 1.59. The summed E-state index contributed by atoms with van der Waals surface area (Å²) in [6.45, 7) is 0.965. The number of aliphatic hydroxyl groups is 1. The van der Waals surface area contributed by atoms with Gasteiger partial charge in [-0.15, -0.1) is 0 Å². The lowest BCUT2D eigenvalue weighted by Crippen LogP contribution is -2.52. The summed E-state index contributed by atoms with van der Waals surface area (Å²) in [5.74, 6) is 0.765. The minimum Gasteiger partial charge on any atom is -0.493 e. The molecule has 2 fully saturated rings. The highest BCUT2D eigenvalue weighted by Crippen LogP contribution is 2.51. The van der Waals surface area contributed by atoms with E-state index in [1.165, 1.54) is 6.42 Å². The standard InChI is InChI=1S/C25H32N2O5/c1-31-19-8-7-17-13-18(22(29)26-25(15-28)9-5-3-2-4-6-10-25)23(30)27-14-24(11-12-24)16-32-21(19)20(17)27/h7-8,13,28H,2-6,9-12,14-16H2,1H3,(H,26,29). The second-order valence-corrected chi connectivity index (χ2v) is 9.93. The summed E-state index contributed by atoms with van der Waals surface area (Å²) in [5, 5.41) is 14.0. The molecular formula is C25H32N2O5. The van der Waals surface area contributed by atoms with Crippen molar-refractivity contribution >= 4 is 16.8 Å². The number of nitrogens with zero attached hydrogens (tertiary/aromatic N) is 1. The summed E-state index contributed by atoms with van der Waals surface area (Å²) < 4.78 is 13.3. The number of methoxy groups -OCH3 is 1. The molecule has 0 bridgehead atoms. The molecule has 0 atom stereocenters. The Hall–Kier alpha value is -2.54. The zero-order chi connectivity index (χ0) is 22.3. The molecule has 1 aromatic carbocycles. The molecule has 2 N–H and O–H groups in total. The lowest BCUT2D eigenvalue weighted by atomic mass is 9.84. The molecule has 2 heterocycles. The highest BCUT2D eigenvalue weighted by atomic mass is 16.5. The molecule has 1 aliphatic heterocycles. The van der Waals surface area contributed by atoms with Crippen LogP contribution in [0.2, 0.25) is 0 Å². The number of rotatable bonds is 4. The first kappa shape index (κ1) is 21.3. The number of hydrogen-bond donors (Lipinski definition) is 2. The van der Waals surface area contributed by atoms with E-state index in [0.717, 1.165) is 56.8 Å². The average molecular weight is 441 g/mol. The molecule has 0 saturated heterocycles. The Balaban J connectivity index is 1.57. The van der Waals surface area contributed by atoms with Gasteiger partial charge in [-0.05, 0) is 43.9 Å². The topological polar surface area (TPSA) is 89.8 Å². The second-order valence-electron chi connectivity index (χ2n) is 9.93. The van der Waals surface area contributed by atoms with Crippen LogP contribution in [-0.2, 0) is 6.54 Å². The van der Waals surface area contributed by atoms with Crippen LogP contribution in [0.1, 0.15) is 68.1 Å². The van der Waals surface area contributed by atoms with Crippen LogP contribution in [-0.4, -0.2) is 41.4 Å². The fourth-order valence-electron chi connectivity index (χ4n) is 5.34. The first-order valence-electron chi connectivity index (χ1n) is 11.8. The molecule has 0 radical (unpaired) electrons. The number of aromatic nitrogens is 1. The van der Waals surface area contributed by atoms with Gasteiger partial charge in [0.2, 0.25) is 0 Å². The number of benzene rings is 1. The van der Waals surface area contributed by atoms with Crippen LogP contribution in [0, 0.1) is 5.41 Å². The van der Waals surface area contributed by atoms with E-state index in [4.69, 9.17) is 9.47 Å².